The van der Waals surface area contributed by atoms with Crippen LogP contribution in [0.25, 0.3) is 10.1 Å². The third kappa shape index (κ3) is 3.31. The van der Waals surface area contributed by atoms with Crippen LogP contribution >= 0.6 is 11.3 Å². The zero-order chi connectivity index (χ0) is 14.7. The van der Waals surface area contributed by atoms with Gasteiger partial charge in [0.05, 0.1) is 0 Å². The summed E-state index contributed by atoms with van der Waals surface area (Å²) < 4.78 is 1.37. The van der Waals surface area contributed by atoms with Crippen molar-refractivity contribution in [2.75, 3.05) is 20.1 Å². The van der Waals surface area contributed by atoms with Crippen molar-refractivity contribution in [3.63, 3.8) is 0 Å². The molecule has 0 amide bonds. The van der Waals surface area contributed by atoms with E-state index in [4.69, 9.17) is 5.73 Å². The molecule has 0 saturated heterocycles. The minimum atomic E-state index is 0.350. The van der Waals surface area contributed by atoms with E-state index in [0.29, 0.717) is 12.6 Å². The molecule has 0 bridgehead atoms. The first-order chi connectivity index (χ1) is 10.3. The maximum atomic E-state index is 6.12. The van der Waals surface area contributed by atoms with Crippen LogP contribution < -0.4 is 5.73 Å². The van der Waals surface area contributed by atoms with E-state index in [-0.39, 0.29) is 0 Å². The van der Waals surface area contributed by atoms with E-state index < -0.39 is 0 Å². The molecule has 0 radical (unpaired) electrons. The van der Waals surface area contributed by atoms with E-state index in [1.54, 1.807) is 0 Å². The zero-order valence-corrected chi connectivity index (χ0v) is 13.7. The number of hydrogen-bond acceptors (Lipinski definition) is 3. The molecule has 3 heteroatoms. The lowest BCUT2D eigenvalue weighted by molar-refractivity contribution is 0.187. The van der Waals surface area contributed by atoms with Gasteiger partial charge in [-0.15, -0.1) is 11.3 Å². The lowest BCUT2D eigenvalue weighted by Gasteiger charge is -2.32. The summed E-state index contributed by atoms with van der Waals surface area (Å²) in [5.74, 6) is 0.864. The molecule has 2 aromatic rings. The number of nitrogens with two attached hydrogens (primary N) is 1. The minimum absolute atomic E-state index is 0.350. The van der Waals surface area contributed by atoms with Gasteiger partial charge in [-0.2, -0.15) is 0 Å². The largest absolute Gasteiger partial charge is 0.329 e. The highest BCUT2D eigenvalue weighted by molar-refractivity contribution is 7.17. The summed E-state index contributed by atoms with van der Waals surface area (Å²) in [6, 6.07) is 9.04. The second-order valence-electron chi connectivity index (χ2n) is 6.38. The first kappa shape index (κ1) is 15.0. The van der Waals surface area contributed by atoms with Crippen molar-refractivity contribution >= 4 is 21.4 Å². The SMILES string of the molecule is CN(CC1CCCCC1)C(CN)c1csc2ccccc12. The second kappa shape index (κ2) is 6.91. The molecule has 1 saturated carbocycles. The van der Waals surface area contributed by atoms with E-state index in [1.807, 2.05) is 11.3 Å². The molecule has 1 unspecified atom stereocenters. The maximum Gasteiger partial charge on any atom is 0.0481 e. The van der Waals surface area contributed by atoms with E-state index in [1.165, 1.54) is 54.3 Å². The van der Waals surface area contributed by atoms with Gasteiger partial charge in [0.15, 0.2) is 0 Å². The fourth-order valence-electron chi connectivity index (χ4n) is 3.70. The Hall–Kier alpha value is -0.900. The molecule has 1 aromatic heterocycles. The zero-order valence-electron chi connectivity index (χ0n) is 12.9. The molecule has 114 valence electrons. The maximum absolute atomic E-state index is 6.12. The highest BCUT2D eigenvalue weighted by Gasteiger charge is 2.22. The summed E-state index contributed by atoms with van der Waals surface area (Å²) in [7, 11) is 2.25. The van der Waals surface area contributed by atoms with Crippen molar-refractivity contribution in [3.05, 3.63) is 35.2 Å². The molecule has 2 N–H and O–H groups in total. The number of hydrogen-bond donors (Lipinski definition) is 1. The van der Waals surface area contributed by atoms with Crippen LogP contribution in [0.3, 0.4) is 0 Å². The summed E-state index contributed by atoms with van der Waals surface area (Å²) in [4.78, 5) is 2.49. The summed E-state index contributed by atoms with van der Waals surface area (Å²) in [5, 5.41) is 3.69. The molecule has 1 aromatic carbocycles. The van der Waals surface area contributed by atoms with Crippen LogP contribution in [0.5, 0.6) is 0 Å². The topological polar surface area (TPSA) is 29.3 Å². The molecule has 1 heterocycles. The lowest BCUT2D eigenvalue weighted by Crippen LogP contribution is -2.34. The lowest BCUT2D eigenvalue weighted by atomic mass is 9.88. The summed E-state index contributed by atoms with van der Waals surface area (Å²) in [6.45, 7) is 1.88. The molecule has 2 nitrogen and oxygen atoms in total. The summed E-state index contributed by atoms with van der Waals surface area (Å²) >= 11 is 1.84. The van der Waals surface area contributed by atoms with Gasteiger partial charge in [-0.05, 0) is 48.2 Å². The molecule has 1 aliphatic rings. The fourth-order valence-corrected chi connectivity index (χ4v) is 4.71. The van der Waals surface area contributed by atoms with Crippen LogP contribution in [0.1, 0.15) is 43.7 Å². The molecular weight excluding hydrogens is 276 g/mol. The predicted octanol–water partition coefficient (Wildman–Crippen LogP) is 4.41. The van der Waals surface area contributed by atoms with Crippen molar-refractivity contribution in [2.45, 2.75) is 38.1 Å². The number of nitrogens with zero attached hydrogens (tertiary/aromatic N) is 1. The van der Waals surface area contributed by atoms with Gasteiger partial charge in [0.2, 0.25) is 0 Å². The Bertz CT molecular complexity index is 571. The van der Waals surface area contributed by atoms with Gasteiger partial charge < -0.3 is 5.73 Å². The Morgan fingerprint density at radius 3 is 2.76 bits per heavy atom. The quantitative estimate of drug-likeness (QED) is 0.886. The molecule has 21 heavy (non-hydrogen) atoms. The molecule has 1 fully saturated rings. The molecule has 1 aliphatic carbocycles. The molecular formula is C18H26N2S. The Labute approximate surface area is 131 Å². The number of benzene rings is 1. The van der Waals surface area contributed by atoms with Gasteiger partial charge in [0.25, 0.3) is 0 Å². The molecule has 0 aliphatic heterocycles. The highest BCUT2D eigenvalue weighted by Crippen LogP contribution is 2.33. The van der Waals surface area contributed by atoms with E-state index in [2.05, 4.69) is 41.6 Å². The van der Waals surface area contributed by atoms with Gasteiger partial charge in [-0.3, -0.25) is 4.90 Å². The molecule has 0 spiro atoms. The Morgan fingerprint density at radius 2 is 2.00 bits per heavy atom. The smallest absolute Gasteiger partial charge is 0.0481 e. The third-order valence-electron chi connectivity index (χ3n) is 4.90. The number of fused-ring (bicyclic) bond motifs is 1. The summed E-state index contributed by atoms with van der Waals surface area (Å²) in [5.41, 5.74) is 7.54. The average molecular weight is 302 g/mol. The van der Waals surface area contributed by atoms with Crippen molar-refractivity contribution in [3.8, 4) is 0 Å². The monoisotopic (exact) mass is 302 g/mol. The fraction of sp³-hybridized carbons (Fsp3) is 0.556. The summed E-state index contributed by atoms with van der Waals surface area (Å²) in [6.07, 6.45) is 7.04. The van der Waals surface area contributed by atoms with Gasteiger partial charge in [-0.1, -0.05) is 37.5 Å². The van der Waals surface area contributed by atoms with E-state index in [0.717, 1.165) is 5.92 Å². The van der Waals surface area contributed by atoms with Crippen LogP contribution in [0.15, 0.2) is 29.6 Å². The van der Waals surface area contributed by atoms with Crippen molar-refractivity contribution < 1.29 is 0 Å². The number of likely N-dealkylation sites (N-methyl/N-ethyl adjacent to an activating group) is 1. The third-order valence-corrected chi connectivity index (χ3v) is 5.88. The van der Waals surface area contributed by atoms with Crippen LogP contribution in [-0.4, -0.2) is 25.0 Å². The molecule has 1 atom stereocenters. The van der Waals surface area contributed by atoms with Crippen molar-refractivity contribution in [2.24, 2.45) is 11.7 Å². The minimum Gasteiger partial charge on any atom is -0.329 e. The van der Waals surface area contributed by atoms with E-state index >= 15 is 0 Å². The van der Waals surface area contributed by atoms with Crippen LogP contribution in [0.4, 0.5) is 0 Å². The van der Waals surface area contributed by atoms with Gasteiger partial charge >= 0.3 is 0 Å². The van der Waals surface area contributed by atoms with Gasteiger partial charge in [0.1, 0.15) is 0 Å². The standard InChI is InChI=1S/C18H26N2S/c1-20(12-14-7-3-2-4-8-14)17(11-19)16-13-21-18-10-6-5-9-15(16)18/h5-6,9-10,13-14,17H,2-4,7-8,11-12,19H2,1H3. The number of rotatable bonds is 5. The van der Waals surface area contributed by atoms with Gasteiger partial charge in [0, 0.05) is 23.8 Å². The normalized spacial score (nSPS) is 18.4. The molecule has 3 rings (SSSR count). The Balaban J connectivity index is 1.77. The Kier molecular flexibility index (Phi) is 4.94. The van der Waals surface area contributed by atoms with Gasteiger partial charge in [-0.25, -0.2) is 0 Å². The highest BCUT2D eigenvalue weighted by atomic mass is 32.1. The van der Waals surface area contributed by atoms with Crippen molar-refractivity contribution in [1.29, 1.82) is 0 Å². The average Bonchev–Trinajstić information content (AvgIpc) is 2.93. The van der Waals surface area contributed by atoms with Crippen LogP contribution in [0.2, 0.25) is 0 Å². The van der Waals surface area contributed by atoms with E-state index in [9.17, 15) is 0 Å². The van der Waals surface area contributed by atoms with Crippen LogP contribution in [-0.2, 0) is 0 Å². The number of thiophene rings is 1. The van der Waals surface area contributed by atoms with Crippen LogP contribution in [0, 0.1) is 5.92 Å². The predicted molar refractivity (Wildman–Crippen MR) is 92.8 cm³/mol. The first-order valence-corrected chi connectivity index (χ1v) is 9.04. The Morgan fingerprint density at radius 1 is 1.24 bits per heavy atom. The first-order valence-electron chi connectivity index (χ1n) is 8.16. The van der Waals surface area contributed by atoms with Crippen molar-refractivity contribution in [1.82, 2.24) is 4.90 Å². The second-order valence-corrected chi connectivity index (χ2v) is 7.29.